The number of carboxylic acid groups (broad SMARTS) is 1. The van der Waals surface area contributed by atoms with E-state index in [-0.39, 0.29) is 36.0 Å². The van der Waals surface area contributed by atoms with Gasteiger partial charge in [0.1, 0.15) is 12.3 Å². The zero-order valence-electron chi connectivity index (χ0n) is 12.7. The van der Waals surface area contributed by atoms with Crippen LogP contribution in [0.25, 0.3) is 0 Å². The normalized spacial score (nSPS) is 18.8. The molecule has 2 aliphatic rings. The highest BCUT2D eigenvalue weighted by atomic mass is 32.2. The van der Waals surface area contributed by atoms with Gasteiger partial charge in [-0.2, -0.15) is 4.31 Å². The Kier molecular flexibility index (Phi) is 4.43. The van der Waals surface area contributed by atoms with E-state index in [0.717, 1.165) is 4.90 Å². The molecule has 0 bridgehead atoms. The van der Waals surface area contributed by atoms with Gasteiger partial charge in [0.2, 0.25) is 10.0 Å². The van der Waals surface area contributed by atoms with Gasteiger partial charge in [-0.25, -0.2) is 8.42 Å². The van der Waals surface area contributed by atoms with Crippen LogP contribution in [0.2, 0.25) is 0 Å². The van der Waals surface area contributed by atoms with E-state index in [1.165, 1.54) is 22.5 Å². The molecule has 0 saturated carbocycles. The van der Waals surface area contributed by atoms with Crippen molar-refractivity contribution in [3.05, 3.63) is 18.2 Å². The van der Waals surface area contributed by atoms with E-state index in [0.29, 0.717) is 13.2 Å². The van der Waals surface area contributed by atoms with Gasteiger partial charge < -0.3 is 14.6 Å². The second-order valence-corrected chi connectivity index (χ2v) is 7.25. The molecule has 2 heterocycles. The van der Waals surface area contributed by atoms with Crippen LogP contribution in [-0.2, 0) is 24.3 Å². The molecule has 9 nitrogen and oxygen atoms in total. The summed E-state index contributed by atoms with van der Waals surface area (Å²) in [6, 6.07) is 4.06. The summed E-state index contributed by atoms with van der Waals surface area (Å²) in [4.78, 5) is 23.8. The Morgan fingerprint density at radius 3 is 2.62 bits per heavy atom. The first-order valence-electron chi connectivity index (χ1n) is 7.26. The number of carbonyl (C=O) groups is 2. The summed E-state index contributed by atoms with van der Waals surface area (Å²) in [5, 5.41) is 8.91. The third-order valence-corrected chi connectivity index (χ3v) is 5.67. The first-order chi connectivity index (χ1) is 11.4. The van der Waals surface area contributed by atoms with Gasteiger partial charge in [-0.1, -0.05) is 0 Å². The maximum atomic E-state index is 12.6. The zero-order valence-corrected chi connectivity index (χ0v) is 13.5. The third kappa shape index (κ3) is 3.07. The average Bonchev–Trinajstić information content (AvgIpc) is 2.57. The summed E-state index contributed by atoms with van der Waals surface area (Å²) in [5.74, 6) is -1.49. The van der Waals surface area contributed by atoms with Crippen LogP contribution in [0, 0.1) is 0 Å². The second-order valence-electron chi connectivity index (χ2n) is 5.31. The minimum Gasteiger partial charge on any atom is -0.482 e. The SMILES string of the molecule is O=C(O)CN1C(=O)COc2cc(S(=O)(=O)N3CCOCC3)ccc21. The molecule has 24 heavy (non-hydrogen) atoms. The number of rotatable bonds is 4. The Morgan fingerprint density at radius 2 is 1.96 bits per heavy atom. The molecule has 0 radical (unpaired) electrons. The fourth-order valence-electron chi connectivity index (χ4n) is 2.59. The highest BCUT2D eigenvalue weighted by Crippen LogP contribution is 2.34. The van der Waals surface area contributed by atoms with E-state index in [4.69, 9.17) is 14.6 Å². The van der Waals surface area contributed by atoms with Crippen LogP contribution < -0.4 is 9.64 Å². The number of amides is 1. The number of nitrogens with zero attached hydrogens (tertiary/aromatic N) is 2. The highest BCUT2D eigenvalue weighted by molar-refractivity contribution is 7.89. The molecule has 1 N–H and O–H groups in total. The zero-order chi connectivity index (χ0) is 17.3. The number of hydrogen-bond acceptors (Lipinski definition) is 6. The second kappa shape index (κ2) is 6.38. The summed E-state index contributed by atoms with van der Waals surface area (Å²) in [6.45, 7) is 0.364. The number of anilines is 1. The van der Waals surface area contributed by atoms with Crippen molar-refractivity contribution in [1.82, 2.24) is 4.31 Å². The molecule has 1 aromatic carbocycles. The largest absolute Gasteiger partial charge is 0.482 e. The van der Waals surface area contributed by atoms with Crippen molar-refractivity contribution >= 4 is 27.6 Å². The molecular formula is C14H16N2O7S. The third-order valence-electron chi connectivity index (χ3n) is 3.78. The molecule has 1 amide bonds. The number of benzene rings is 1. The summed E-state index contributed by atoms with van der Waals surface area (Å²) >= 11 is 0. The van der Waals surface area contributed by atoms with Crippen molar-refractivity contribution in [2.24, 2.45) is 0 Å². The predicted molar refractivity (Wildman–Crippen MR) is 81.5 cm³/mol. The van der Waals surface area contributed by atoms with Crippen LogP contribution in [0.15, 0.2) is 23.1 Å². The van der Waals surface area contributed by atoms with E-state index in [2.05, 4.69) is 0 Å². The summed E-state index contributed by atoms with van der Waals surface area (Å²) < 4.78 is 37.0. The van der Waals surface area contributed by atoms with Gasteiger partial charge in [-0.15, -0.1) is 0 Å². The topological polar surface area (TPSA) is 113 Å². The molecule has 0 spiro atoms. The minimum atomic E-state index is -3.70. The van der Waals surface area contributed by atoms with E-state index in [9.17, 15) is 18.0 Å². The van der Waals surface area contributed by atoms with Crippen molar-refractivity contribution in [2.45, 2.75) is 4.90 Å². The Bertz CT molecular complexity index is 771. The number of aliphatic carboxylic acids is 1. The van der Waals surface area contributed by atoms with Crippen molar-refractivity contribution < 1.29 is 32.6 Å². The van der Waals surface area contributed by atoms with E-state index < -0.39 is 28.4 Å². The van der Waals surface area contributed by atoms with Gasteiger partial charge in [0.25, 0.3) is 5.91 Å². The number of carbonyl (C=O) groups excluding carboxylic acids is 1. The van der Waals surface area contributed by atoms with Gasteiger partial charge >= 0.3 is 5.97 Å². The lowest BCUT2D eigenvalue weighted by Gasteiger charge is -2.29. The van der Waals surface area contributed by atoms with Gasteiger partial charge in [-0.05, 0) is 12.1 Å². The Hall–Kier alpha value is -2.17. The maximum absolute atomic E-state index is 12.6. The molecule has 130 valence electrons. The monoisotopic (exact) mass is 356 g/mol. The Morgan fingerprint density at radius 1 is 1.25 bits per heavy atom. The summed E-state index contributed by atoms with van der Waals surface area (Å²) in [7, 11) is -3.70. The lowest BCUT2D eigenvalue weighted by Crippen LogP contribution is -2.42. The number of hydrogen-bond donors (Lipinski definition) is 1. The number of carboxylic acids is 1. The molecule has 1 fully saturated rings. The standard InChI is InChI=1S/C14H16N2O7S/c17-13-9-23-12-7-10(1-2-11(12)16(13)8-14(18)19)24(20,21)15-3-5-22-6-4-15/h1-2,7H,3-6,8-9H2,(H,18,19). The van der Waals surface area contributed by atoms with Crippen LogP contribution >= 0.6 is 0 Å². The minimum absolute atomic E-state index is 0.0350. The Labute approximate surface area is 138 Å². The fraction of sp³-hybridized carbons (Fsp3) is 0.429. The van der Waals surface area contributed by atoms with Gasteiger partial charge in [0, 0.05) is 19.2 Å². The van der Waals surface area contributed by atoms with Crippen LogP contribution in [0.1, 0.15) is 0 Å². The van der Waals surface area contributed by atoms with Crippen LogP contribution in [0.4, 0.5) is 5.69 Å². The molecule has 0 aromatic heterocycles. The molecule has 1 aromatic rings. The molecule has 10 heteroatoms. The lowest BCUT2D eigenvalue weighted by molar-refractivity contribution is -0.137. The molecule has 0 atom stereocenters. The first-order valence-corrected chi connectivity index (χ1v) is 8.70. The first kappa shape index (κ1) is 16.7. The smallest absolute Gasteiger partial charge is 0.323 e. The van der Waals surface area contributed by atoms with Crippen LogP contribution in [-0.4, -0.2) is 69.2 Å². The van der Waals surface area contributed by atoms with Crippen molar-refractivity contribution in [3.8, 4) is 5.75 Å². The van der Waals surface area contributed by atoms with E-state index in [1.807, 2.05) is 0 Å². The molecule has 1 saturated heterocycles. The van der Waals surface area contributed by atoms with Crippen molar-refractivity contribution in [2.75, 3.05) is 44.4 Å². The van der Waals surface area contributed by atoms with Crippen LogP contribution in [0.5, 0.6) is 5.75 Å². The lowest BCUT2D eigenvalue weighted by atomic mass is 10.2. The van der Waals surface area contributed by atoms with Gasteiger partial charge in [-0.3, -0.25) is 14.5 Å². The molecule has 3 rings (SSSR count). The number of fused-ring (bicyclic) bond motifs is 1. The van der Waals surface area contributed by atoms with Gasteiger partial charge in [0.05, 0.1) is 23.8 Å². The number of sulfonamides is 1. The number of morpholine rings is 1. The predicted octanol–water partition coefficient (Wildman–Crippen LogP) is -0.483. The molecule has 0 unspecified atom stereocenters. The van der Waals surface area contributed by atoms with Crippen molar-refractivity contribution in [1.29, 1.82) is 0 Å². The van der Waals surface area contributed by atoms with Crippen LogP contribution in [0.3, 0.4) is 0 Å². The van der Waals surface area contributed by atoms with E-state index in [1.54, 1.807) is 0 Å². The highest BCUT2D eigenvalue weighted by Gasteiger charge is 2.31. The Balaban J connectivity index is 1.94. The molecular weight excluding hydrogens is 340 g/mol. The molecule has 0 aliphatic carbocycles. The summed E-state index contributed by atoms with van der Waals surface area (Å²) in [6.07, 6.45) is 0. The quantitative estimate of drug-likeness (QED) is 0.775. The average molecular weight is 356 g/mol. The van der Waals surface area contributed by atoms with E-state index >= 15 is 0 Å². The molecule has 2 aliphatic heterocycles. The number of ether oxygens (including phenoxy) is 2. The van der Waals surface area contributed by atoms with Crippen molar-refractivity contribution in [3.63, 3.8) is 0 Å². The van der Waals surface area contributed by atoms with Gasteiger partial charge in [0.15, 0.2) is 6.61 Å². The fourth-order valence-corrected chi connectivity index (χ4v) is 4.01. The summed E-state index contributed by atoms with van der Waals surface area (Å²) in [5.41, 5.74) is 0.245. The maximum Gasteiger partial charge on any atom is 0.323 e.